The second kappa shape index (κ2) is 3.65. The molecule has 1 fully saturated rings. The van der Waals surface area contributed by atoms with Crippen molar-refractivity contribution in [3.05, 3.63) is 23.0 Å². The second-order valence-corrected chi connectivity index (χ2v) is 4.31. The van der Waals surface area contributed by atoms with Gasteiger partial charge in [-0.2, -0.15) is 10.2 Å². The number of hydrogen-bond donors (Lipinski definition) is 1. The molecule has 0 saturated heterocycles. The van der Waals surface area contributed by atoms with E-state index in [9.17, 15) is 0 Å². The molecule has 3 heteroatoms. The molecule has 0 spiro atoms. The first-order valence-electron chi connectivity index (χ1n) is 5.23. The van der Waals surface area contributed by atoms with E-state index in [-0.39, 0.29) is 6.04 Å². The van der Waals surface area contributed by atoms with Gasteiger partial charge in [0.15, 0.2) is 0 Å². The highest BCUT2D eigenvalue weighted by molar-refractivity contribution is 5.23. The maximum atomic E-state index is 6.14. The van der Waals surface area contributed by atoms with Crippen molar-refractivity contribution < 1.29 is 0 Å². The highest BCUT2D eigenvalue weighted by atomic mass is 15.1. The zero-order chi connectivity index (χ0) is 10.1. The van der Waals surface area contributed by atoms with Crippen LogP contribution in [-0.4, -0.2) is 10.2 Å². The van der Waals surface area contributed by atoms with Crippen LogP contribution in [0.4, 0.5) is 0 Å². The van der Waals surface area contributed by atoms with Crippen molar-refractivity contribution in [3.8, 4) is 0 Å². The molecule has 2 rings (SSSR count). The van der Waals surface area contributed by atoms with Crippen LogP contribution in [0, 0.1) is 19.8 Å². The predicted octanol–water partition coefficient (Wildman–Crippen LogP) is 1.89. The molecule has 1 aromatic rings. The Morgan fingerprint density at radius 3 is 2.79 bits per heavy atom. The number of rotatable bonds is 3. The third-order valence-corrected chi connectivity index (χ3v) is 2.82. The van der Waals surface area contributed by atoms with Crippen LogP contribution in [0.25, 0.3) is 0 Å². The van der Waals surface area contributed by atoms with Gasteiger partial charge in [0.1, 0.15) is 0 Å². The molecule has 1 unspecified atom stereocenters. The minimum atomic E-state index is 0.150. The molecule has 1 saturated carbocycles. The van der Waals surface area contributed by atoms with Gasteiger partial charge >= 0.3 is 0 Å². The van der Waals surface area contributed by atoms with Gasteiger partial charge in [-0.25, -0.2) is 0 Å². The van der Waals surface area contributed by atoms with Crippen molar-refractivity contribution in [2.45, 2.75) is 39.2 Å². The van der Waals surface area contributed by atoms with Gasteiger partial charge in [-0.3, -0.25) is 0 Å². The van der Waals surface area contributed by atoms with E-state index in [1.807, 2.05) is 13.8 Å². The molecule has 0 amide bonds. The number of hydrogen-bond acceptors (Lipinski definition) is 3. The van der Waals surface area contributed by atoms with Gasteiger partial charge in [0.25, 0.3) is 0 Å². The van der Waals surface area contributed by atoms with Crippen LogP contribution in [-0.2, 0) is 0 Å². The molecule has 3 nitrogen and oxygen atoms in total. The molecule has 1 atom stereocenters. The van der Waals surface area contributed by atoms with Crippen LogP contribution in [0.15, 0.2) is 6.07 Å². The maximum absolute atomic E-state index is 6.14. The zero-order valence-electron chi connectivity index (χ0n) is 8.83. The Kier molecular flexibility index (Phi) is 2.50. The van der Waals surface area contributed by atoms with Crippen LogP contribution in [0.1, 0.15) is 42.3 Å². The summed E-state index contributed by atoms with van der Waals surface area (Å²) in [6.07, 6.45) is 3.81. The van der Waals surface area contributed by atoms with Gasteiger partial charge in [0, 0.05) is 6.04 Å². The maximum Gasteiger partial charge on any atom is 0.0648 e. The lowest BCUT2D eigenvalue weighted by Crippen LogP contribution is -2.14. The van der Waals surface area contributed by atoms with Crippen LogP contribution in [0.3, 0.4) is 0 Å². The lowest BCUT2D eigenvalue weighted by Gasteiger charge is -2.13. The molecule has 76 valence electrons. The topological polar surface area (TPSA) is 51.8 Å². The van der Waals surface area contributed by atoms with Crippen LogP contribution < -0.4 is 5.73 Å². The number of aryl methyl sites for hydroxylation is 2. The molecule has 0 radical (unpaired) electrons. The Bertz CT molecular complexity index is 331. The smallest absolute Gasteiger partial charge is 0.0648 e. The van der Waals surface area contributed by atoms with Gasteiger partial charge in [-0.1, -0.05) is 12.8 Å². The molecule has 0 aliphatic heterocycles. The monoisotopic (exact) mass is 191 g/mol. The number of nitrogens with two attached hydrogens (primary N) is 1. The molecule has 0 bridgehead atoms. The third kappa shape index (κ3) is 2.10. The zero-order valence-corrected chi connectivity index (χ0v) is 8.83. The Morgan fingerprint density at radius 1 is 1.43 bits per heavy atom. The van der Waals surface area contributed by atoms with E-state index in [1.165, 1.54) is 18.4 Å². The summed E-state index contributed by atoms with van der Waals surface area (Å²) < 4.78 is 0. The average molecular weight is 191 g/mol. The third-order valence-electron chi connectivity index (χ3n) is 2.82. The Balaban J connectivity index is 2.15. The standard InChI is InChI=1S/C11H17N3/c1-7-5-10(8(2)14-13-7)11(12)6-9-3-4-9/h5,9,11H,3-4,6,12H2,1-2H3. The number of nitrogens with zero attached hydrogens (tertiary/aromatic N) is 2. The van der Waals surface area contributed by atoms with Crippen molar-refractivity contribution in [1.82, 2.24) is 10.2 Å². The summed E-state index contributed by atoms with van der Waals surface area (Å²) in [5.41, 5.74) is 9.24. The molecular formula is C11H17N3. The minimum Gasteiger partial charge on any atom is -0.324 e. The average Bonchev–Trinajstić information content (AvgIpc) is 2.93. The molecule has 1 heterocycles. The lowest BCUT2D eigenvalue weighted by molar-refractivity contribution is 0.588. The Morgan fingerprint density at radius 2 is 2.14 bits per heavy atom. The summed E-state index contributed by atoms with van der Waals surface area (Å²) in [4.78, 5) is 0. The van der Waals surface area contributed by atoms with Crippen LogP contribution in [0.5, 0.6) is 0 Å². The lowest BCUT2D eigenvalue weighted by atomic mass is 10.0. The summed E-state index contributed by atoms with van der Waals surface area (Å²) in [5.74, 6) is 0.859. The van der Waals surface area contributed by atoms with E-state index in [0.717, 1.165) is 23.7 Å². The quantitative estimate of drug-likeness (QED) is 0.793. The van der Waals surface area contributed by atoms with E-state index in [2.05, 4.69) is 16.3 Å². The van der Waals surface area contributed by atoms with E-state index < -0.39 is 0 Å². The highest BCUT2D eigenvalue weighted by Crippen LogP contribution is 2.37. The summed E-state index contributed by atoms with van der Waals surface area (Å²) in [7, 11) is 0. The van der Waals surface area contributed by atoms with Gasteiger partial charge in [-0.05, 0) is 37.8 Å². The van der Waals surface area contributed by atoms with Crippen molar-refractivity contribution in [3.63, 3.8) is 0 Å². The summed E-state index contributed by atoms with van der Waals surface area (Å²) in [6.45, 7) is 3.94. The fourth-order valence-electron chi connectivity index (χ4n) is 1.78. The van der Waals surface area contributed by atoms with Crippen molar-refractivity contribution in [2.75, 3.05) is 0 Å². The Hall–Kier alpha value is -0.960. The predicted molar refractivity (Wildman–Crippen MR) is 55.8 cm³/mol. The fourth-order valence-corrected chi connectivity index (χ4v) is 1.78. The SMILES string of the molecule is Cc1cc(C(N)CC2CC2)c(C)nn1. The van der Waals surface area contributed by atoms with Crippen molar-refractivity contribution in [2.24, 2.45) is 11.7 Å². The molecule has 2 N–H and O–H groups in total. The summed E-state index contributed by atoms with van der Waals surface area (Å²) in [6, 6.07) is 2.21. The summed E-state index contributed by atoms with van der Waals surface area (Å²) >= 11 is 0. The van der Waals surface area contributed by atoms with E-state index in [1.54, 1.807) is 0 Å². The second-order valence-electron chi connectivity index (χ2n) is 4.31. The van der Waals surface area contributed by atoms with Gasteiger partial charge in [-0.15, -0.1) is 0 Å². The van der Waals surface area contributed by atoms with E-state index in [4.69, 9.17) is 5.73 Å². The van der Waals surface area contributed by atoms with E-state index in [0.29, 0.717) is 0 Å². The molecule has 1 aliphatic rings. The molecule has 1 aliphatic carbocycles. The molecule has 14 heavy (non-hydrogen) atoms. The fraction of sp³-hybridized carbons (Fsp3) is 0.636. The normalized spacial score (nSPS) is 18.2. The Labute approximate surface area is 84.7 Å². The molecular weight excluding hydrogens is 174 g/mol. The first kappa shape index (κ1) is 9.59. The van der Waals surface area contributed by atoms with Crippen LogP contribution >= 0.6 is 0 Å². The van der Waals surface area contributed by atoms with Crippen LogP contribution in [0.2, 0.25) is 0 Å². The first-order valence-corrected chi connectivity index (χ1v) is 5.23. The van der Waals surface area contributed by atoms with E-state index >= 15 is 0 Å². The van der Waals surface area contributed by atoms with Crippen molar-refractivity contribution >= 4 is 0 Å². The summed E-state index contributed by atoms with van der Waals surface area (Å²) in [5, 5.41) is 8.11. The van der Waals surface area contributed by atoms with Gasteiger partial charge < -0.3 is 5.73 Å². The van der Waals surface area contributed by atoms with Crippen molar-refractivity contribution in [1.29, 1.82) is 0 Å². The van der Waals surface area contributed by atoms with Gasteiger partial charge in [0.2, 0.25) is 0 Å². The minimum absolute atomic E-state index is 0.150. The number of aromatic nitrogens is 2. The largest absolute Gasteiger partial charge is 0.324 e. The first-order chi connectivity index (χ1) is 6.66. The molecule has 1 aromatic heterocycles. The molecule has 0 aromatic carbocycles. The highest BCUT2D eigenvalue weighted by Gasteiger charge is 2.25. The van der Waals surface area contributed by atoms with Gasteiger partial charge in [0.05, 0.1) is 11.4 Å².